The fraction of sp³-hybridized carbons (Fsp3) is 0.458. The summed E-state index contributed by atoms with van der Waals surface area (Å²) in [6, 6.07) is 13.1. The summed E-state index contributed by atoms with van der Waals surface area (Å²) in [7, 11) is -3.50. The number of carbonyl (C=O) groups excluding carboxylic acids is 1. The molecule has 0 radical (unpaired) electrons. The van der Waals surface area contributed by atoms with Crippen LogP contribution in [0.25, 0.3) is 0 Å². The standard InChI is InChI=1S/C24H32N2O4S/c1-18-6-9-22(10-7-18)30-16-4-5-24(27)25-21-12-14-26(15-13-21)31(28,29)23-11-8-19(2)20(3)17-23/h6-11,17,21H,4-5,12-16H2,1-3H3,(H,25,27). The van der Waals surface area contributed by atoms with Crippen molar-refractivity contribution in [3.8, 4) is 5.75 Å². The van der Waals surface area contributed by atoms with E-state index in [1.165, 1.54) is 9.87 Å². The van der Waals surface area contributed by atoms with Gasteiger partial charge in [-0.1, -0.05) is 23.8 Å². The summed E-state index contributed by atoms with van der Waals surface area (Å²) < 4.78 is 33.0. The van der Waals surface area contributed by atoms with Crippen LogP contribution >= 0.6 is 0 Å². The average molecular weight is 445 g/mol. The van der Waals surface area contributed by atoms with Crippen LogP contribution in [0, 0.1) is 20.8 Å². The molecule has 3 rings (SSSR count). The molecule has 1 fully saturated rings. The summed E-state index contributed by atoms with van der Waals surface area (Å²) in [5, 5.41) is 3.04. The van der Waals surface area contributed by atoms with Crippen LogP contribution in [-0.4, -0.2) is 44.4 Å². The van der Waals surface area contributed by atoms with E-state index in [2.05, 4.69) is 5.32 Å². The zero-order valence-corrected chi connectivity index (χ0v) is 19.4. The van der Waals surface area contributed by atoms with Crippen LogP contribution in [0.5, 0.6) is 5.75 Å². The first-order chi connectivity index (χ1) is 14.8. The largest absolute Gasteiger partial charge is 0.494 e. The Balaban J connectivity index is 1.40. The first-order valence-corrected chi connectivity index (χ1v) is 12.3. The minimum atomic E-state index is -3.50. The molecule has 1 amide bonds. The molecular weight excluding hydrogens is 412 g/mol. The molecule has 0 unspecified atom stereocenters. The summed E-state index contributed by atoms with van der Waals surface area (Å²) in [6.45, 7) is 7.23. The number of aryl methyl sites for hydroxylation is 3. The maximum atomic E-state index is 12.9. The normalized spacial score (nSPS) is 15.6. The predicted octanol–water partition coefficient (Wildman–Crippen LogP) is 3.74. The van der Waals surface area contributed by atoms with Crippen LogP contribution < -0.4 is 10.1 Å². The van der Waals surface area contributed by atoms with Crippen molar-refractivity contribution in [3.63, 3.8) is 0 Å². The molecule has 1 saturated heterocycles. The number of benzene rings is 2. The third kappa shape index (κ3) is 6.31. The van der Waals surface area contributed by atoms with Crippen molar-refractivity contribution in [3.05, 3.63) is 59.2 Å². The van der Waals surface area contributed by atoms with Crippen molar-refractivity contribution in [2.75, 3.05) is 19.7 Å². The van der Waals surface area contributed by atoms with Crippen molar-refractivity contribution < 1.29 is 17.9 Å². The second-order valence-electron chi connectivity index (χ2n) is 8.26. The molecule has 31 heavy (non-hydrogen) atoms. The highest BCUT2D eigenvalue weighted by Gasteiger charge is 2.30. The third-order valence-electron chi connectivity index (χ3n) is 5.77. The summed E-state index contributed by atoms with van der Waals surface area (Å²) in [5.41, 5.74) is 3.22. The van der Waals surface area contributed by atoms with E-state index < -0.39 is 10.0 Å². The van der Waals surface area contributed by atoms with Gasteiger partial charge in [-0.15, -0.1) is 0 Å². The van der Waals surface area contributed by atoms with Crippen molar-refractivity contribution in [1.82, 2.24) is 9.62 Å². The monoisotopic (exact) mass is 444 g/mol. The van der Waals surface area contributed by atoms with Gasteiger partial charge >= 0.3 is 0 Å². The fourth-order valence-corrected chi connectivity index (χ4v) is 5.18. The molecule has 7 heteroatoms. The lowest BCUT2D eigenvalue weighted by molar-refractivity contribution is -0.122. The summed E-state index contributed by atoms with van der Waals surface area (Å²) in [5.74, 6) is 0.798. The van der Waals surface area contributed by atoms with Crippen LogP contribution in [0.3, 0.4) is 0 Å². The Bertz CT molecular complexity index is 995. The van der Waals surface area contributed by atoms with Crippen LogP contribution in [0.1, 0.15) is 42.4 Å². The van der Waals surface area contributed by atoms with Crippen LogP contribution in [-0.2, 0) is 14.8 Å². The molecule has 168 valence electrons. The number of nitrogens with zero attached hydrogens (tertiary/aromatic N) is 1. The number of rotatable bonds is 8. The molecule has 2 aromatic carbocycles. The number of hydrogen-bond acceptors (Lipinski definition) is 4. The van der Waals surface area contributed by atoms with Gasteiger partial charge in [0.25, 0.3) is 0 Å². The molecule has 6 nitrogen and oxygen atoms in total. The van der Waals surface area contributed by atoms with Gasteiger partial charge < -0.3 is 10.1 Å². The molecule has 2 aromatic rings. The Morgan fingerprint density at radius 3 is 2.35 bits per heavy atom. The quantitative estimate of drug-likeness (QED) is 0.630. The first kappa shape index (κ1) is 23.3. The van der Waals surface area contributed by atoms with Crippen molar-refractivity contribution in [1.29, 1.82) is 0 Å². The molecule has 0 saturated carbocycles. The van der Waals surface area contributed by atoms with Crippen LogP contribution in [0.2, 0.25) is 0 Å². The highest BCUT2D eigenvalue weighted by Crippen LogP contribution is 2.23. The summed E-state index contributed by atoms with van der Waals surface area (Å²) in [4.78, 5) is 12.6. The number of nitrogens with one attached hydrogen (secondary N) is 1. The number of piperidine rings is 1. The Morgan fingerprint density at radius 2 is 1.71 bits per heavy atom. The maximum absolute atomic E-state index is 12.9. The molecular formula is C24H32N2O4S. The van der Waals surface area contributed by atoms with Gasteiger partial charge in [0.15, 0.2) is 0 Å². The average Bonchev–Trinajstić information content (AvgIpc) is 2.75. The lowest BCUT2D eigenvalue weighted by Crippen LogP contribution is -2.46. The maximum Gasteiger partial charge on any atom is 0.243 e. The number of ether oxygens (including phenoxy) is 1. The summed E-state index contributed by atoms with van der Waals surface area (Å²) >= 11 is 0. The Labute approximate surface area is 185 Å². The van der Waals surface area contributed by atoms with Crippen molar-refractivity contribution in [2.45, 2.75) is 57.4 Å². The van der Waals surface area contributed by atoms with E-state index in [0.717, 1.165) is 16.9 Å². The number of sulfonamides is 1. The molecule has 0 aliphatic carbocycles. The van der Waals surface area contributed by atoms with Gasteiger partial charge in [0, 0.05) is 25.6 Å². The lowest BCUT2D eigenvalue weighted by atomic mass is 10.1. The van der Waals surface area contributed by atoms with E-state index in [9.17, 15) is 13.2 Å². The Morgan fingerprint density at radius 1 is 1.03 bits per heavy atom. The molecule has 0 bridgehead atoms. The van der Waals surface area contributed by atoms with Gasteiger partial charge in [0.1, 0.15) is 5.75 Å². The first-order valence-electron chi connectivity index (χ1n) is 10.8. The van der Waals surface area contributed by atoms with E-state index in [4.69, 9.17) is 4.74 Å². The van der Waals surface area contributed by atoms with Gasteiger partial charge in [0.2, 0.25) is 15.9 Å². The zero-order chi connectivity index (χ0) is 22.4. The van der Waals surface area contributed by atoms with Gasteiger partial charge in [-0.05, 0) is 75.4 Å². The van der Waals surface area contributed by atoms with E-state index in [-0.39, 0.29) is 11.9 Å². The van der Waals surface area contributed by atoms with Crippen LogP contribution in [0.4, 0.5) is 0 Å². The van der Waals surface area contributed by atoms with E-state index in [1.54, 1.807) is 12.1 Å². The molecule has 0 spiro atoms. The second kappa shape index (κ2) is 10.3. The molecule has 0 atom stereocenters. The predicted molar refractivity (Wildman–Crippen MR) is 122 cm³/mol. The SMILES string of the molecule is Cc1ccc(OCCCC(=O)NC2CCN(S(=O)(=O)c3ccc(C)c(C)c3)CC2)cc1. The molecule has 1 heterocycles. The van der Waals surface area contributed by atoms with Gasteiger partial charge in [-0.25, -0.2) is 8.42 Å². The number of carbonyl (C=O) groups is 1. The van der Waals surface area contributed by atoms with Gasteiger partial charge in [0.05, 0.1) is 11.5 Å². The number of amides is 1. The highest BCUT2D eigenvalue weighted by molar-refractivity contribution is 7.89. The zero-order valence-electron chi connectivity index (χ0n) is 18.6. The number of hydrogen-bond donors (Lipinski definition) is 1. The van der Waals surface area contributed by atoms with E-state index in [0.29, 0.717) is 50.3 Å². The van der Waals surface area contributed by atoms with Gasteiger partial charge in [-0.2, -0.15) is 4.31 Å². The van der Waals surface area contributed by atoms with Gasteiger partial charge in [-0.3, -0.25) is 4.79 Å². The third-order valence-corrected chi connectivity index (χ3v) is 7.67. The van der Waals surface area contributed by atoms with Crippen molar-refractivity contribution in [2.24, 2.45) is 0 Å². The van der Waals surface area contributed by atoms with Crippen LogP contribution in [0.15, 0.2) is 47.4 Å². The van der Waals surface area contributed by atoms with Crippen molar-refractivity contribution >= 4 is 15.9 Å². The molecule has 1 N–H and O–H groups in total. The molecule has 0 aromatic heterocycles. The highest BCUT2D eigenvalue weighted by atomic mass is 32.2. The van der Waals surface area contributed by atoms with E-state index >= 15 is 0 Å². The smallest absolute Gasteiger partial charge is 0.243 e. The summed E-state index contributed by atoms with van der Waals surface area (Å²) in [6.07, 6.45) is 2.28. The molecule has 1 aliphatic heterocycles. The Kier molecular flexibility index (Phi) is 7.73. The fourth-order valence-electron chi connectivity index (χ4n) is 3.62. The minimum Gasteiger partial charge on any atom is -0.494 e. The minimum absolute atomic E-state index is 0.0109. The second-order valence-corrected chi connectivity index (χ2v) is 10.2. The lowest BCUT2D eigenvalue weighted by Gasteiger charge is -2.31. The topological polar surface area (TPSA) is 75.7 Å². The molecule has 1 aliphatic rings. The Hall–Kier alpha value is -2.38. The van der Waals surface area contributed by atoms with E-state index in [1.807, 2.05) is 51.1 Å².